The van der Waals surface area contributed by atoms with Crippen LogP contribution in [0.15, 0.2) is 0 Å². The van der Waals surface area contributed by atoms with Crippen molar-refractivity contribution < 1.29 is 50.0 Å². The lowest BCUT2D eigenvalue weighted by Crippen LogP contribution is -2.63. The predicted octanol–water partition coefficient (Wildman–Crippen LogP) is -4.46. The molecule has 0 radical (unpaired) electrons. The Kier molecular flexibility index (Phi) is 6.61. The van der Waals surface area contributed by atoms with Gasteiger partial charge in [-0.15, -0.1) is 12.6 Å². The van der Waals surface area contributed by atoms with Gasteiger partial charge in [0.2, 0.25) is 0 Å². The maximum Gasteiger partial charge on any atom is 0.187 e. The van der Waals surface area contributed by atoms with Crippen molar-refractivity contribution >= 4 is 12.6 Å². The van der Waals surface area contributed by atoms with Gasteiger partial charge in [0.05, 0.1) is 13.2 Å². The minimum absolute atomic E-state index is 0.567. The van der Waals surface area contributed by atoms with Crippen molar-refractivity contribution in [2.45, 2.75) is 60.6 Å². The van der Waals surface area contributed by atoms with Crippen LogP contribution in [0.3, 0.4) is 0 Å². The summed E-state index contributed by atoms with van der Waals surface area (Å²) in [4.78, 5) is 0. The van der Waals surface area contributed by atoms with Crippen LogP contribution < -0.4 is 0 Å². The summed E-state index contributed by atoms with van der Waals surface area (Å²) in [6.07, 6.45) is -12.9. The third kappa shape index (κ3) is 3.80. The van der Waals surface area contributed by atoms with Crippen molar-refractivity contribution in [3.63, 3.8) is 0 Å². The van der Waals surface area contributed by atoms with Crippen LogP contribution in [0.25, 0.3) is 0 Å². The molecule has 4 unspecified atom stereocenters. The lowest BCUT2D eigenvalue weighted by atomic mass is 9.97. The normalized spacial score (nSPS) is 51.7. The van der Waals surface area contributed by atoms with E-state index in [1.165, 1.54) is 0 Å². The van der Waals surface area contributed by atoms with E-state index in [1.807, 2.05) is 0 Å². The van der Waals surface area contributed by atoms with Crippen LogP contribution in [0.4, 0.5) is 0 Å². The largest absolute Gasteiger partial charge is 0.394 e. The van der Waals surface area contributed by atoms with Gasteiger partial charge in [-0.05, 0) is 0 Å². The fourth-order valence-corrected chi connectivity index (χ4v) is 2.90. The van der Waals surface area contributed by atoms with Gasteiger partial charge in [-0.1, -0.05) is 0 Å². The van der Waals surface area contributed by atoms with Crippen LogP contribution in [0.5, 0.6) is 0 Å². The molecule has 0 aliphatic carbocycles. The molecule has 0 spiro atoms. The predicted molar refractivity (Wildman–Crippen MR) is 75.4 cm³/mol. The van der Waals surface area contributed by atoms with E-state index in [4.69, 9.17) is 19.3 Å². The molecule has 2 rings (SSSR count). The van der Waals surface area contributed by atoms with Crippen molar-refractivity contribution in [3.8, 4) is 0 Å². The lowest BCUT2D eigenvalue weighted by molar-refractivity contribution is -0.338. The summed E-state index contributed by atoms with van der Waals surface area (Å²) in [5, 5.41) is 67.6. The SMILES string of the molecule is OCC1O[C@@H](S)C(O)[C@@H](O)[C@@H]1O[C@@H]1OC(CO)[C@H](O)[C@H](O)C1O. The first-order valence-corrected chi connectivity index (χ1v) is 7.60. The lowest BCUT2D eigenvalue weighted by Gasteiger charge is -2.45. The van der Waals surface area contributed by atoms with E-state index >= 15 is 0 Å². The molecule has 0 amide bonds. The van der Waals surface area contributed by atoms with Gasteiger partial charge in [0.25, 0.3) is 0 Å². The average Bonchev–Trinajstić information content (AvgIpc) is 2.55. The summed E-state index contributed by atoms with van der Waals surface area (Å²) in [5.41, 5.74) is -1.04. The van der Waals surface area contributed by atoms with E-state index in [1.54, 1.807) is 0 Å². The second-order valence-corrected chi connectivity index (χ2v) is 6.04. The second kappa shape index (κ2) is 7.89. The first-order valence-electron chi connectivity index (χ1n) is 7.08. The number of hydrogen-bond acceptors (Lipinski definition) is 11. The fraction of sp³-hybridized carbons (Fsp3) is 1.00. The van der Waals surface area contributed by atoms with Gasteiger partial charge in [0, 0.05) is 0 Å². The van der Waals surface area contributed by atoms with E-state index in [0.717, 1.165) is 0 Å². The first-order chi connectivity index (χ1) is 10.8. The number of ether oxygens (including phenoxy) is 3. The van der Waals surface area contributed by atoms with Gasteiger partial charge in [0.15, 0.2) is 6.29 Å². The van der Waals surface area contributed by atoms with Crippen LogP contribution in [-0.4, -0.2) is 110 Å². The highest BCUT2D eigenvalue weighted by Crippen LogP contribution is 2.29. The monoisotopic (exact) mass is 358 g/mol. The molecule has 0 bridgehead atoms. The molecule has 10 nitrogen and oxygen atoms in total. The smallest absolute Gasteiger partial charge is 0.187 e. The van der Waals surface area contributed by atoms with Crippen LogP contribution in [0, 0.1) is 0 Å². The zero-order valence-corrected chi connectivity index (χ0v) is 12.9. The van der Waals surface area contributed by atoms with Crippen molar-refractivity contribution in [3.05, 3.63) is 0 Å². The van der Waals surface area contributed by atoms with E-state index in [-0.39, 0.29) is 0 Å². The Morgan fingerprint density at radius 3 is 1.91 bits per heavy atom. The number of aliphatic hydroxyl groups excluding tert-OH is 7. The number of thiol groups is 1. The van der Waals surface area contributed by atoms with Gasteiger partial charge in [-0.25, -0.2) is 0 Å². The average molecular weight is 358 g/mol. The zero-order valence-electron chi connectivity index (χ0n) is 12.0. The Balaban J connectivity index is 2.11. The van der Waals surface area contributed by atoms with E-state index < -0.39 is 73.8 Å². The molecular weight excluding hydrogens is 336 g/mol. The summed E-state index contributed by atoms with van der Waals surface area (Å²) in [5.74, 6) is 0. The van der Waals surface area contributed by atoms with E-state index in [2.05, 4.69) is 12.6 Å². The van der Waals surface area contributed by atoms with E-state index in [9.17, 15) is 30.6 Å². The van der Waals surface area contributed by atoms with Crippen molar-refractivity contribution in [2.24, 2.45) is 0 Å². The molecule has 0 aromatic heterocycles. The maximum atomic E-state index is 10.1. The van der Waals surface area contributed by atoms with Crippen LogP contribution in [0.2, 0.25) is 0 Å². The number of rotatable bonds is 4. The molecule has 2 aliphatic heterocycles. The molecule has 2 fully saturated rings. The summed E-state index contributed by atoms with van der Waals surface area (Å²) < 4.78 is 15.7. The molecule has 0 aromatic carbocycles. The Hall–Kier alpha value is -0.0500. The van der Waals surface area contributed by atoms with Crippen LogP contribution in [-0.2, 0) is 14.2 Å². The standard InChI is InChI=1S/C12H22O10S/c13-1-3-5(15)6(16)8(18)11(20-3)22-10-4(2-14)21-12(23)9(19)7(10)17/h3-19,23H,1-2H2/t3?,4?,5-,6-,7+,8?,9?,10+,11-,12-/m0/s1. The Morgan fingerprint density at radius 1 is 0.739 bits per heavy atom. The molecule has 7 N–H and O–H groups in total. The molecule has 23 heavy (non-hydrogen) atoms. The zero-order chi connectivity index (χ0) is 17.3. The van der Waals surface area contributed by atoms with Gasteiger partial charge in [0.1, 0.15) is 54.3 Å². The third-order valence-corrected chi connectivity index (χ3v) is 4.41. The van der Waals surface area contributed by atoms with Crippen LogP contribution >= 0.6 is 12.6 Å². The molecule has 0 aromatic rings. The Bertz CT molecular complexity index is 383. The molecule has 11 heteroatoms. The van der Waals surface area contributed by atoms with Crippen molar-refractivity contribution in [2.75, 3.05) is 13.2 Å². The highest BCUT2D eigenvalue weighted by molar-refractivity contribution is 7.80. The van der Waals surface area contributed by atoms with Crippen molar-refractivity contribution in [1.29, 1.82) is 0 Å². The fourth-order valence-electron chi connectivity index (χ4n) is 2.57. The van der Waals surface area contributed by atoms with Gasteiger partial charge in [-0.3, -0.25) is 0 Å². The van der Waals surface area contributed by atoms with Crippen LogP contribution in [0.1, 0.15) is 0 Å². The Labute approximate surface area is 137 Å². The second-order valence-electron chi connectivity index (χ2n) is 5.53. The highest BCUT2D eigenvalue weighted by atomic mass is 32.1. The summed E-state index contributed by atoms with van der Waals surface area (Å²) in [6, 6.07) is 0. The van der Waals surface area contributed by atoms with E-state index in [0.29, 0.717) is 0 Å². The van der Waals surface area contributed by atoms with Gasteiger partial charge >= 0.3 is 0 Å². The van der Waals surface area contributed by atoms with Crippen molar-refractivity contribution in [1.82, 2.24) is 0 Å². The molecule has 10 atom stereocenters. The Morgan fingerprint density at radius 2 is 1.35 bits per heavy atom. The molecule has 0 saturated carbocycles. The molecule has 2 saturated heterocycles. The maximum absolute atomic E-state index is 10.1. The molecule has 136 valence electrons. The minimum Gasteiger partial charge on any atom is -0.394 e. The molecule has 2 heterocycles. The first kappa shape index (κ1) is 19.3. The molecule has 2 aliphatic rings. The summed E-state index contributed by atoms with van der Waals surface area (Å²) >= 11 is 3.92. The number of aliphatic hydroxyl groups is 7. The molecular formula is C12H22O10S. The van der Waals surface area contributed by atoms with Gasteiger partial charge in [-0.2, -0.15) is 0 Å². The van der Waals surface area contributed by atoms with Gasteiger partial charge < -0.3 is 50.0 Å². The minimum atomic E-state index is -1.68. The third-order valence-electron chi connectivity index (χ3n) is 3.98. The summed E-state index contributed by atoms with van der Waals surface area (Å²) in [6.45, 7) is -1.21. The highest BCUT2D eigenvalue weighted by Gasteiger charge is 2.49. The number of hydrogen-bond donors (Lipinski definition) is 8. The summed E-state index contributed by atoms with van der Waals surface area (Å²) in [7, 11) is 0. The topological polar surface area (TPSA) is 169 Å². The quantitative estimate of drug-likeness (QED) is 0.229.